The molecule has 9 N–H and O–H groups in total. The van der Waals surface area contributed by atoms with Crippen molar-refractivity contribution < 1.29 is 107 Å². The van der Waals surface area contributed by atoms with Crippen LogP contribution >= 0.6 is 136 Å². The molecule has 1 saturated heterocycles. The zero-order chi connectivity index (χ0) is 80.2. The standard InChI is InChI=1S/C36H22I3NO10.C25H15NO9.C15H12I3NO4.CH3F/c37-25-15-21(4-8-29(25)44)49-34-26(38)9-17(10-27(34)39)11-28(36(46)47)40-35(45)18-1-5-22(30(12-18)48-16-41)33-23-6-2-19(42)13-31(23)50-32-14-20(43)3-7-24(32)33;27-12-33-19-9-13(25(32)35-26-22(30)7-8-23(26)31)1-4-16(19)24-17-5-2-14(28)10-20(17)34-21-11-15(29)3-6-18(21)24;16-9-6-8(1-2-13(9)20)23-14-10(17)3-7(4-11(14)18)5-12(19)15(21)22;1-2/h1-10,12-16,28,42,44H,11H2,(H,40,45)(H,46,47);1-6,9-12,28H,7-8H2;1-4,6,12,20H,5,19H2,(H,21,22);1H3/i;;;1D. The fourth-order valence-electron chi connectivity index (χ4n) is 11.1. The number of carbonyl (C=O) groups is 8. The number of nitrogens with two attached hydrogens (primary N) is 1. The van der Waals surface area contributed by atoms with Crippen molar-refractivity contribution in [1.29, 1.82) is 0 Å². The maximum absolute atomic E-state index is 13.5. The Bertz CT molecular complexity index is 5690. The minimum absolute atomic E-state index is 0.00406. The van der Waals surface area contributed by atoms with Crippen molar-refractivity contribution in [2.75, 3.05) is 7.15 Å². The minimum atomic E-state index is -1.31. The van der Waals surface area contributed by atoms with Gasteiger partial charge in [-0.25, -0.2) is 9.59 Å². The number of carboxylic acids is 2. The number of phenolic OH excluding ortho intramolecular Hbond substituents is 4. The van der Waals surface area contributed by atoms with Crippen LogP contribution < -0.4 is 40.9 Å². The van der Waals surface area contributed by atoms with Gasteiger partial charge in [0.1, 0.15) is 80.8 Å². The molecular weight excluding hydrogens is 2120 g/mol. The molecule has 3 aliphatic heterocycles. The number of phenols is 4. The third-order valence-electron chi connectivity index (χ3n) is 16.1. The first-order valence-electron chi connectivity index (χ1n) is 32.3. The Hall–Kier alpha value is -9.83. The second kappa shape index (κ2) is 36.8. The maximum Gasteiger partial charge on any atom is 0.364 e. The van der Waals surface area contributed by atoms with Crippen LogP contribution in [-0.2, 0) is 46.4 Å². The predicted octanol–water partition coefficient (Wildman–Crippen LogP) is 15.1. The number of halogens is 7. The second-order valence-electron chi connectivity index (χ2n) is 23.4. The molecule has 1 fully saturated rings. The van der Waals surface area contributed by atoms with Crippen LogP contribution in [0.2, 0.25) is 0 Å². The van der Waals surface area contributed by atoms with E-state index < -0.39 is 54.9 Å². The molecule has 0 bridgehead atoms. The molecule has 0 aromatic heterocycles. The molecule has 5 aliphatic rings. The number of nitrogens with zero attached hydrogens (tertiary/aromatic N) is 1. The minimum Gasteiger partial charge on any atom is -0.508 e. The van der Waals surface area contributed by atoms with Gasteiger partial charge in [-0.15, -0.1) is 5.06 Å². The number of carboxylic acid groups (broad SMARTS) is 2. The molecule has 13 rings (SSSR count). The summed E-state index contributed by atoms with van der Waals surface area (Å²) in [5.41, 5.74) is 9.78. The van der Waals surface area contributed by atoms with Crippen LogP contribution in [-0.4, -0.2) is 104 Å². The summed E-state index contributed by atoms with van der Waals surface area (Å²) in [4.78, 5) is 125. The van der Waals surface area contributed by atoms with Gasteiger partial charge in [0.25, 0.3) is 30.7 Å². The van der Waals surface area contributed by atoms with Gasteiger partial charge in [0, 0.05) is 93.2 Å². The van der Waals surface area contributed by atoms with E-state index in [2.05, 4.69) is 95.7 Å². The van der Waals surface area contributed by atoms with Gasteiger partial charge in [-0.05, 0) is 299 Å². The number of aliphatic carboxylic acids is 2. The highest BCUT2D eigenvalue weighted by molar-refractivity contribution is 14.1. The van der Waals surface area contributed by atoms with Gasteiger partial charge in [-0.3, -0.25) is 42.7 Å². The molecule has 2 atom stereocenters. The van der Waals surface area contributed by atoms with Crippen molar-refractivity contribution in [1.82, 2.24) is 10.4 Å². The third kappa shape index (κ3) is 19.7. The molecule has 3 heterocycles. The Balaban J connectivity index is 0.000000186. The van der Waals surface area contributed by atoms with E-state index >= 15 is 0 Å². The molecule has 8 aromatic carbocycles. The van der Waals surface area contributed by atoms with Crippen LogP contribution in [0.3, 0.4) is 0 Å². The number of aromatic hydroxyl groups is 4. The topological polar surface area (TPSA) is 406 Å². The molecule has 3 amide bonds. The third-order valence-corrected chi connectivity index (χ3v) is 21.0. The van der Waals surface area contributed by atoms with Gasteiger partial charge >= 0.3 is 17.9 Å². The Morgan fingerprint density at radius 1 is 0.536 bits per heavy atom. The fraction of sp³-hybridized carbons (Fsp3) is 0.0909. The van der Waals surface area contributed by atoms with Gasteiger partial charge < -0.3 is 74.3 Å². The van der Waals surface area contributed by atoms with E-state index in [0.29, 0.717) is 92.1 Å². The Labute approximate surface area is 703 Å². The first-order valence-corrected chi connectivity index (χ1v) is 38.1. The molecule has 33 heteroatoms. The number of nitrogens with one attached hydrogen (secondary N) is 1. The number of ether oxygens (including phenoxy) is 4. The number of amides is 3. The summed E-state index contributed by atoms with van der Waals surface area (Å²) in [6.45, 7) is 0.389. The zero-order valence-electron chi connectivity index (χ0n) is 56.8. The average Bonchev–Trinajstić information content (AvgIpc) is 0.902. The molecular formula is C77H52FI6N3O23. The van der Waals surface area contributed by atoms with Crippen LogP contribution in [0.1, 0.15) is 46.1 Å². The van der Waals surface area contributed by atoms with Crippen molar-refractivity contribution >= 4 is 206 Å². The first-order chi connectivity index (χ1) is 52.9. The predicted molar refractivity (Wildman–Crippen MR) is 447 cm³/mol. The molecule has 110 heavy (non-hydrogen) atoms. The van der Waals surface area contributed by atoms with E-state index in [1.54, 1.807) is 72.8 Å². The lowest BCUT2D eigenvalue weighted by Gasteiger charge is -2.19. The number of fused-ring (bicyclic) bond motifs is 4. The fourth-order valence-corrected chi connectivity index (χ4v) is 16.3. The van der Waals surface area contributed by atoms with Gasteiger partial charge in [0.2, 0.25) is 0 Å². The molecule has 8 aromatic rings. The molecule has 2 aliphatic carbocycles. The van der Waals surface area contributed by atoms with Gasteiger partial charge in [0.05, 0.1) is 35.5 Å². The van der Waals surface area contributed by atoms with Crippen molar-refractivity contribution in [3.63, 3.8) is 0 Å². The second-order valence-corrected chi connectivity index (χ2v) is 30.3. The molecule has 0 spiro atoms. The lowest BCUT2D eigenvalue weighted by atomic mass is 9.92. The summed E-state index contributed by atoms with van der Waals surface area (Å²) in [5, 5.41) is 62.4. The highest BCUT2D eigenvalue weighted by atomic mass is 127. The van der Waals surface area contributed by atoms with Crippen LogP contribution in [0.4, 0.5) is 4.39 Å². The summed E-state index contributed by atoms with van der Waals surface area (Å²) in [6.07, 6.45) is 0.119. The van der Waals surface area contributed by atoms with Crippen LogP contribution in [0, 0.1) is 21.4 Å². The quantitative estimate of drug-likeness (QED) is 0.0152. The van der Waals surface area contributed by atoms with E-state index in [0.717, 1.165) is 12.7 Å². The molecule has 562 valence electrons. The lowest BCUT2D eigenvalue weighted by Crippen LogP contribution is -2.42. The largest absolute Gasteiger partial charge is 0.508 e. The van der Waals surface area contributed by atoms with E-state index in [1.165, 1.54) is 84.9 Å². The van der Waals surface area contributed by atoms with Crippen LogP contribution in [0.25, 0.3) is 66.8 Å². The number of hydroxylamine groups is 2. The van der Waals surface area contributed by atoms with Crippen molar-refractivity contribution in [2.24, 2.45) is 5.73 Å². The average molecular weight is 2170 g/mol. The number of imide groups is 1. The summed E-state index contributed by atoms with van der Waals surface area (Å²) >= 11 is 12.5. The smallest absolute Gasteiger partial charge is 0.364 e. The highest BCUT2D eigenvalue weighted by Gasteiger charge is 2.34. The molecule has 2 unspecified atom stereocenters. The van der Waals surface area contributed by atoms with E-state index in [4.69, 9.17) is 44.8 Å². The summed E-state index contributed by atoms with van der Waals surface area (Å²) in [5.74, 6) is -2.18. The van der Waals surface area contributed by atoms with Gasteiger partial charge in [0.15, 0.2) is 22.4 Å². The Morgan fingerprint density at radius 2 is 0.955 bits per heavy atom. The lowest BCUT2D eigenvalue weighted by molar-refractivity contribution is -0.172. The first kappa shape index (κ1) is 81.2. The number of alkyl halides is 1. The zero-order valence-corrected chi connectivity index (χ0v) is 68.7. The highest BCUT2D eigenvalue weighted by Crippen LogP contribution is 2.47. The number of carbonyl (C=O) groups excluding carboxylic acids is 6. The van der Waals surface area contributed by atoms with E-state index in [9.17, 15) is 77.9 Å². The normalized spacial score (nSPS) is 12.3. The summed E-state index contributed by atoms with van der Waals surface area (Å²) < 4.78 is 54.1. The van der Waals surface area contributed by atoms with Gasteiger partial charge in [-0.2, -0.15) is 0 Å². The van der Waals surface area contributed by atoms with Gasteiger partial charge in [-0.1, -0.05) is 0 Å². The maximum atomic E-state index is 13.5. The number of hydrogen-bond acceptors (Lipinski definition) is 22. The van der Waals surface area contributed by atoms with Crippen molar-refractivity contribution in [3.8, 4) is 102 Å². The van der Waals surface area contributed by atoms with Crippen molar-refractivity contribution in [3.05, 3.63) is 234 Å². The number of rotatable bonds is 20. The number of benzene rings is 10. The van der Waals surface area contributed by atoms with E-state index in [1.807, 2.05) is 57.3 Å². The Morgan fingerprint density at radius 3 is 1.37 bits per heavy atom. The molecule has 26 nitrogen and oxygen atoms in total. The summed E-state index contributed by atoms with van der Waals surface area (Å²) in [7, 11) is -1.00. The summed E-state index contributed by atoms with van der Waals surface area (Å²) in [6, 6.07) is 40.7. The Kier molecular flexibility index (Phi) is 27.1. The monoisotopic (exact) mass is 2170 g/mol. The van der Waals surface area contributed by atoms with E-state index in [-0.39, 0.29) is 118 Å². The molecule has 0 radical (unpaired) electrons. The number of hydrogen-bond donors (Lipinski definition) is 8. The molecule has 0 saturated carbocycles. The van der Waals surface area contributed by atoms with Crippen LogP contribution in [0.5, 0.6) is 57.5 Å². The van der Waals surface area contributed by atoms with Crippen LogP contribution in [0.15, 0.2) is 188 Å². The SMILES string of the molecule is NC(Cc1cc(I)c(Oc2ccc(O)c(I)c2)c(I)c1)C(=O)O.O=COc1cc(C(=O)NC(Cc2cc(I)c(Oc3ccc(O)c(I)c3)c(I)c2)C(=O)O)ccc1-c1c2ccc(=O)cc-2oc2cc(O)ccc12.O=COc1cc(C(=O)ON2C(=O)CCC2=O)ccc1-c1c2ccc(=O)cc-2oc2cc(O)ccc12.[2H]CF. The van der Waals surface area contributed by atoms with Crippen molar-refractivity contribution in [2.45, 2.75) is 37.8 Å².